The van der Waals surface area contributed by atoms with Gasteiger partial charge in [0.25, 0.3) is 0 Å². The van der Waals surface area contributed by atoms with Gasteiger partial charge in [-0.3, -0.25) is 0 Å². The third-order valence-corrected chi connectivity index (χ3v) is 6.52. The number of carboxylic acid groups (broad SMARTS) is 1. The second-order valence-corrected chi connectivity index (χ2v) is 9.44. The number of carboxylic acids is 1. The molecular weight excluding hydrogens is 504 g/mol. The molecular formula is C31H27F2NO5. The normalized spacial score (nSPS) is 14.0. The number of rotatable bonds is 11. The van der Waals surface area contributed by atoms with Gasteiger partial charge in [-0.25, -0.2) is 18.6 Å². The Balaban J connectivity index is 1.35. The van der Waals surface area contributed by atoms with Crippen LogP contribution in [-0.2, 0) is 4.74 Å². The molecule has 3 aromatic carbocycles. The first-order chi connectivity index (χ1) is 18.9. The Labute approximate surface area is 224 Å². The highest BCUT2D eigenvalue weighted by atomic mass is 19.2. The van der Waals surface area contributed by atoms with E-state index < -0.39 is 23.7 Å². The molecule has 1 atom stereocenters. The lowest BCUT2D eigenvalue weighted by Crippen LogP contribution is -2.16. The van der Waals surface area contributed by atoms with Gasteiger partial charge in [0.1, 0.15) is 29.8 Å². The van der Waals surface area contributed by atoms with Gasteiger partial charge in [-0.1, -0.05) is 30.3 Å². The fourth-order valence-electron chi connectivity index (χ4n) is 4.14. The summed E-state index contributed by atoms with van der Waals surface area (Å²) in [6.45, 7) is 0.724. The summed E-state index contributed by atoms with van der Waals surface area (Å²) in [6, 6.07) is 18.1. The van der Waals surface area contributed by atoms with Crippen molar-refractivity contribution in [3.8, 4) is 11.5 Å². The molecule has 0 amide bonds. The zero-order chi connectivity index (χ0) is 27.4. The molecule has 1 N–H and O–H groups in total. The number of fused-ring (bicyclic) bond motifs is 1. The van der Waals surface area contributed by atoms with Gasteiger partial charge in [0, 0.05) is 11.5 Å². The highest BCUT2D eigenvalue weighted by molar-refractivity contribution is 5.91. The van der Waals surface area contributed by atoms with E-state index in [2.05, 4.69) is 4.98 Å². The molecule has 1 saturated carbocycles. The first kappa shape index (κ1) is 26.3. The molecule has 0 aliphatic heterocycles. The van der Waals surface area contributed by atoms with Crippen LogP contribution in [0.25, 0.3) is 23.1 Å². The Bertz CT molecular complexity index is 1530. The van der Waals surface area contributed by atoms with Gasteiger partial charge in [-0.05, 0) is 72.4 Å². The molecule has 1 heterocycles. The summed E-state index contributed by atoms with van der Waals surface area (Å²) >= 11 is 0. The van der Waals surface area contributed by atoms with Crippen LogP contribution in [0.2, 0.25) is 0 Å². The van der Waals surface area contributed by atoms with Crippen molar-refractivity contribution in [2.45, 2.75) is 18.9 Å². The lowest BCUT2D eigenvalue weighted by atomic mass is 10.1. The number of carbonyl (C=O) groups is 1. The predicted octanol–water partition coefficient (Wildman–Crippen LogP) is 6.94. The van der Waals surface area contributed by atoms with Crippen LogP contribution in [0, 0.1) is 17.6 Å². The number of pyridine rings is 1. The molecule has 1 aromatic heterocycles. The minimum absolute atomic E-state index is 0.0116. The summed E-state index contributed by atoms with van der Waals surface area (Å²) in [5, 5.41) is 10.1. The van der Waals surface area contributed by atoms with E-state index in [1.807, 2.05) is 30.3 Å². The average Bonchev–Trinajstić information content (AvgIpc) is 3.77. The van der Waals surface area contributed by atoms with E-state index in [1.54, 1.807) is 30.3 Å². The topological polar surface area (TPSA) is 77.9 Å². The number of benzene rings is 3. The zero-order valence-electron chi connectivity index (χ0n) is 21.3. The smallest absolute Gasteiger partial charge is 0.339 e. The molecule has 0 spiro atoms. The summed E-state index contributed by atoms with van der Waals surface area (Å²) in [4.78, 5) is 16.2. The van der Waals surface area contributed by atoms with E-state index >= 15 is 0 Å². The van der Waals surface area contributed by atoms with Crippen molar-refractivity contribution in [3.05, 3.63) is 101 Å². The Hall–Kier alpha value is -4.30. The Kier molecular flexibility index (Phi) is 7.84. The quantitative estimate of drug-likeness (QED) is 0.226. The second kappa shape index (κ2) is 11.6. The summed E-state index contributed by atoms with van der Waals surface area (Å²) in [7, 11) is 1.47. The van der Waals surface area contributed by atoms with E-state index in [0.717, 1.165) is 36.1 Å². The van der Waals surface area contributed by atoms with Crippen molar-refractivity contribution >= 4 is 29.0 Å². The molecule has 1 fully saturated rings. The lowest BCUT2D eigenvalue weighted by Gasteiger charge is -2.20. The van der Waals surface area contributed by atoms with E-state index in [-0.39, 0.29) is 17.9 Å². The molecule has 5 rings (SSSR count). The highest BCUT2D eigenvalue weighted by Crippen LogP contribution is 2.32. The Morgan fingerprint density at radius 2 is 1.87 bits per heavy atom. The standard InChI is InChI=1S/C31H27F2NO5/c1-37-24-11-12-29(25(15-24)31(35)36)39-18-30(38-17-20-5-6-20)22-4-2-3-19(13-22)7-9-23-10-8-21-14-26(32)27(33)16-28(21)34-23/h2-4,7-16,20,30H,5-6,17-18H2,1H3,(H,35,36)/b9-7+. The first-order valence-electron chi connectivity index (χ1n) is 12.6. The maximum absolute atomic E-state index is 13.6. The van der Waals surface area contributed by atoms with Crippen LogP contribution in [0.5, 0.6) is 11.5 Å². The van der Waals surface area contributed by atoms with Crippen LogP contribution < -0.4 is 9.47 Å². The van der Waals surface area contributed by atoms with E-state index in [4.69, 9.17) is 14.2 Å². The summed E-state index contributed by atoms with van der Waals surface area (Å²) in [6.07, 6.45) is 5.52. The van der Waals surface area contributed by atoms with Gasteiger partial charge >= 0.3 is 5.97 Å². The molecule has 1 aliphatic carbocycles. The van der Waals surface area contributed by atoms with Gasteiger partial charge in [-0.15, -0.1) is 0 Å². The monoisotopic (exact) mass is 531 g/mol. The fourth-order valence-corrected chi connectivity index (χ4v) is 4.14. The number of methoxy groups -OCH3 is 1. The second-order valence-electron chi connectivity index (χ2n) is 9.44. The molecule has 4 aromatic rings. The summed E-state index contributed by atoms with van der Waals surface area (Å²) in [5.74, 6) is -1.76. The predicted molar refractivity (Wildman–Crippen MR) is 144 cm³/mol. The number of aromatic nitrogens is 1. The van der Waals surface area contributed by atoms with Gasteiger partial charge in [-0.2, -0.15) is 0 Å². The average molecular weight is 532 g/mol. The van der Waals surface area contributed by atoms with Gasteiger partial charge in [0.15, 0.2) is 11.6 Å². The Morgan fingerprint density at radius 1 is 1.05 bits per heavy atom. The number of nitrogens with zero attached hydrogens (tertiary/aromatic N) is 1. The molecule has 0 bridgehead atoms. The molecule has 6 nitrogen and oxygen atoms in total. The Morgan fingerprint density at radius 3 is 2.64 bits per heavy atom. The van der Waals surface area contributed by atoms with Crippen molar-refractivity contribution in [2.24, 2.45) is 5.92 Å². The van der Waals surface area contributed by atoms with Crippen molar-refractivity contribution in [1.82, 2.24) is 4.98 Å². The van der Waals surface area contributed by atoms with Crippen LogP contribution in [0.4, 0.5) is 8.78 Å². The zero-order valence-corrected chi connectivity index (χ0v) is 21.3. The number of hydrogen-bond acceptors (Lipinski definition) is 5. The summed E-state index contributed by atoms with van der Waals surface area (Å²) in [5.41, 5.74) is 2.75. The van der Waals surface area contributed by atoms with E-state index in [1.165, 1.54) is 13.2 Å². The number of halogens is 2. The highest BCUT2D eigenvalue weighted by Gasteiger charge is 2.25. The van der Waals surface area contributed by atoms with Gasteiger partial charge in [0.05, 0.1) is 24.9 Å². The van der Waals surface area contributed by atoms with Crippen molar-refractivity contribution < 1.29 is 32.9 Å². The van der Waals surface area contributed by atoms with Crippen molar-refractivity contribution in [1.29, 1.82) is 0 Å². The molecule has 1 unspecified atom stereocenters. The minimum Gasteiger partial charge on any atom is -0.497 e. The van der Waals surface area contributed by atoms with Crippen molar-refractivity contribution in [3.63, 3.8) is 0 Å². The van der Waals surface area contributed by atoms with Crippen molar-refractivity contribution in [2.75, 3.05) is 20.3 Å². The molecule has 0 saturated heterocycles. The van der Waals surface area contributed by atoms with Gasteiger partial charge in [0.2, 0.25) is 0 Å². The largest absolute Gasteiger partial charge is 0.497 e. The first-order valence-corrected chi connectivity index (χ1v) is 12.6. The maximum Gasteiger partial charge on any atom is 0.339 e. The SMILES string of the molecule is COc1ccc(OCC(OCC2CC2)c2cccc(/C=C/c3ccc4cc(F)c(F)cc4n3)c2)c(C(=O)O)c1. The number of aromatic carboxylic acids is 1. The van der Waals surface area contributed by atoms with Gasteiger partial charge < -0.3 is 19.3 Å². The lowest BCUT2D eigenvalue weighted by molar-refractivity contribution is 0.0128. The third-order valence-electron chi connectivity index (χ3n) is 6.52. The molecule has 8 heteroatoms. The van der Waals surface area contributed by atoms with E-state index in [9.17, 15) is 18.7 Å². The molecule has 0 radical (unpaired) electrons. The minimum atomic E-state index is -1.11. The molecule has 200 valence electrons. The molecule has 1 aliphatic rings. The van der Waals surface area contributed by atoms with Crippen LogP contribution in [0.3, 0.4) is 0 Å². The van der Waals surface area contributed by atoms with Crippen LogP contribution in [-0.4, -0.2) is 36.4 Å². The van der Waals surface area contributed by atoms with Crippen LogP contribution in [0.15, 0.2) is 66.7 Å². The van der Waals surface area contributed by atoms with Crippen LogP contribution >= 0.6 is 0 Å². The maximum atomic E-state index is 13.6. The number of ether oxygens (including phenoxy) is 3. The summed E-state index contributed by atoms with van der Waals surface area (Å²) < 4.78 is 44.4. The van der Waals surface area contributed by atoms with E-state index in [0.29, 0.717) is 34.9 Å². The molecule has 39 heavy (non-hydrogen) atoms. The third kappa shape index (κ3) is 6.59. The van der Waals surface area contributed by atoms with Crippen LogP contribution in [0.1, 0.15) is 46.1 Å². The fraction of sp³-hybridized carbons (Fsp3) is 0.226. The number of hydrogen-bond donors (Lipinski definition) is 1.